The molecule has 1 atom stereocenters. The number of nitrogens with zero attached hydrogens (tertiary/aromatic N) is 1. The molecule has 84 valence electrons. The first-order valence-electron chi connectivity index (χ1n) is 5.14. The number of nitriles is 1. The van der Waals surface area contributed by atoms with Gasteiger partial charge in [-0.2, -0.15) is 5.26 Å². The summed E-state index contributed by atoms with van der Waals surface area (Å²) < 4.78 is 0. The first-order chi connectivity index (χ1) is 7.60. The van der Waals surface area contributed by atoms with Gasteiger partial charge in [0.25, 0.3) is 0 Å². The molecule has 0 amide bonds. The van der Waals surface area contributed by atoms with Gasteiger partial charge in [0.2, 0.25) is 0 Å². The van der Waals surface area contributed by atoms with Gasteiger partial charge in [-0.1, -0.05) is 41.8 Å². The molecule has 1 aromatic carbocycles. The van der Waals surface area contributed by atoms with Crippen LogP contribution in [0.15, 0.2) is 18.2 Å². The molecule has 1 N–H and O–H groups in total. The predicted molar refractivity (Wildman–Crippen MR) is 63.3 cm³/mol. The lowest BCUT2D eigenvalue weighted by Crippen LogP contribution is -2.34. The lowest BCUT2D eigenvalue weighted by molar-refractivity contribution is 0.00802. The van der Waals surface area contributed by atoms with E-state index in [-0.39, 0.29) is 0 Å². The van der Waals surface area contributed by atoms with Crippen LogP contribution in [0.25, 0.3) is 0 Å². The highest BCUT2D eigenvalue weighted by Crippen LogP contribution is 2.51. The molecule has 1 aliphatic rings. The van der Waals surface area contributed by atoms with Crippen LogP contribution >= 0.6 is 23.2 Å². The molecule has 1 unspecified atom stereocenters. The molecule has 0 bridgehead atoms. The SMILES string of the molecule is N#CC1(C(O)c2cccc(Cl)c2Cl)CCC1. The second-order valence-corrected chi connectivity index (χ2v) is 4.95. The number of benzene rings is 1. The molecule has 0 saturated heterocycles. The third-order valence-electron chi connectivity index (χ3n) is 3.27. The topological polar surface area (TPSA) is 44.0 Å². The summed E-state index contributed by atoms with van der Waals surface area (Å²) >= 11 is 11.9. The predicted octanol–water partition coefficient (Wildman–Crippen LogP) is 3.72. The van der Waals surface area contributed by atoms with Gasteiger partial charge in [-0.3, -0.25) is 0 Å². The van der Waals surface area contributed by atoms with E-state index in [9.17, 15) is 5.11 Å². The van der Waals surface area contributed by atoms with Crippen molar-refractivity contribution in [2.24, 2.45) is 5.41 Å². The number of hydrogen-bond acceptors (Lipinski definition) is 2. The fourth-order valence-corrected chi connectivity index (χ4v) is 2.44. The molecular formula is C12H11Cl2NO. The summed E-state index contributed by atoms with van der Waals surface area (Å²) in [7, 11) is 0. The molecule has 1 aliphatic carbocycles. The zero-order valence-electron chi connectivity index (χ0n) is 8.58. The van der Waals surface area contributed by atoms with Gasteiger partial charge in [-0.25, -0.2) is 0 Å². The van der Waals surface area contributed by atoms with Crippen LogP contribution in [-0.2, 0) is 0 Å². The van der Waals surface area contributed by atoms with E-state index in [1.165, 1.54) is 0 Å². The van der Waals surface area contributed by atoms with E-state index in [1.54, 1.807) is 18.2 Å². The molecule has 2 nitrogen and oxygen atoms in total. The van der Waals surface area contributed by atoms with E-state index in [0.717, 1.165) is 6.42 Å². The molecule has 0 radical (unpaired) electrons. The minimum Gasteiger partial charge on any atom is -0.387 e. The summed E-state index contributed by atoms with van der Waals surface area (Å²) in [6.45, 7) is 0. The second-order valence-electron chi connectivity index (χ2n) is 4.17. The van der Waals surface area contributed by atoms with Gasteiger partial charge in [0.15, 0.2) is 0 Å². The van der Waals surface area contributed by atoms with Crippen molar-refractivity contribution in [3.63, 3.8) is 0 Å². The van der Waals surface area contributed by atoms with Gasteiger partial charge in [-0.05, 0) is 18.9 Å². The molecule has 16 heavy (non-hydrogen) atoms. The van der Waals surface area contributed by atoms with Gasteiger partial charge >= 0.3 is 0 Å². The van der Waals surface area contributed by atoms with Crippen molar-refractivity contribution in [3.05, 3.63) is 33.8 Å². The second kappa shape index (κ2) is 4.25. The van der Waals surface area contributed by atoms with Crippen LogP contribution < -0.4 is 0 Å². The number of hydrogen-bond donors (Lipinski definition) is 1. The summed E-state index contributed by atoms with van der Waals surface area (Å²) in [4.78, 5) is 0. The highest BCUT2D eigenvalue weighted by atomic mass is 35.5. The van der Waals surface area contributed by atoms with Crippen molar-refractivity contribution in [1.82, 2.24) is 0 Å². The van der Waals surface area contributed by atoms with Crippen molar-refractivity contribution in [3.8, 4) is 6.07 Å². The summed E-state index contributed by atoms with van der Waals surface area (Å²) in [5.74, 6) is 0. The van der Waals surface area contributed by atoms with E-state index in [0.29, 0.717) is 28.5 Å². The number of rotatable bonds is 2. The van der Waals surface area contributed by atoms with Gasteiger partial charge < -0.3 is 5.11 Å². The van der Waals surface area contributed by atoms with Crippen LogP contribution in [0.2, 0.25) is 10.0 Å². The number of halogens is 2. The summed E-state index contributed by atoms with van der Waals surface area (Å²) in [6, 6.07) is 7.33. The van der Waals surface area contributed by atoms with Crippen LogP contribution in [0.1, 0.15) is 30.9 Å². The standard InChI is InChI=1S/C12H11Cl2NO/c13-9-4-1-3-8(10(9)14)11(16)12(7-15)5-2-6-12/h1,3-4,11,16H,2,5-6H2. The minimum absolute atomic E-state index is 0.346. The van der Waals surface area contributed by atoms with E-state index in [2.05, 4.69) is 6.07 Å². The lowest BCUT2D eigenvalue weighted by Gasteiger charge is -2.39. The maximum Gasteiger partial charge on any atom is 0.0991 e. The monoisotopic (exact) mass is 255 g/mol. The highest BCUT2D eigenvalue weighted by Gasteiger charge is 2.45. The fourth-order valence-electron chi connectivity index (χ4n) is 2.03. The molecule has 1 fully saturated rings. The Bertz CT molecular complexity index is 449. The largest absolute Gasteiger partial charge is 0.387 e. The van der Waals surface area contributed by atoms with E-state index in [4.69, 9.17) is 28.5 Å². The first kappa shape index (κ1) is 11.7. The highest BCUT2D eigenvalue weighted by molar-refractivity contribution is 6.42. The smallest absolute Gasteiger partial charge is 0.0991 e. The van der Waals surface area contributed by atoms with E-state index in [1.807, 2.05) is 0 Å². The van der Waals surface area contributed by atoms with E-state index < -0.39 is 11.5 Å². The van der Waals surface area contributed by atoms with Crippen LogP contribution in [0, 0.1) is 16.7 Å². The molecule has 0 spiro atoms. The zero-order valence-corrected chi connectivity index (χ0v) is 10.1. The molecule has 0 aliphatic heterocycles. The van der Waals surface area contributed by atoms with Crippen LogP contribution in [0.4, 0.5) is 0 Å². The maximum atomic E-state index is 10.2. The Morgan fingerprint density at radius 1 is 1.38 bits per heavy atom. The summed E-state index contributed by atoms with van der Waals surface area (Å²) in [6.07, 6.45) is 1.56. The third-order valence-corrected chi connectivity index (χ3v) is 4.10. The van der Waals surface area contributed by atoms with Crippen LogP contribution in [-0.4, -0.2) is 5.11 Å². The fraction of sp³-hybridized carbons (Fsp3) is 0.417. The molecule has 4 heteroatoms. The lowest BCUT2D eigenvalue weighted by atomic mass is 9.64. The van der Waals surface area contributed by atoms with Gasteiger partial charge in [-0.15, -0.1) is 0 Å². The quantitative estimate of drug-likeness (QED) is 0.876. The molecule has 1 saturated carbocycles. The Labute approximate surface area is 104 Å². The molecule has 2 rings (SSSR count). The average Bonchev–Trinajstić information content (AvgIpc) is 2.21. The Morgan fingerprint density at radius 2 is 2.06 bits per heavy atom. The number of aliphatic hydroxyl groups excluding tert-OH is 1. The molecule has 0 heterocycles. The van der Waals surface area contributed by atoms with Gasteiger partial charge in [0, 0.05) is 5.56 Å². The number of aliphatic hydroxyl groups is 1. The van der Waals surface area contributed by atoms with Gasteiger partial charge in [0.05, 0.1) is 27.6 Å². The Hall–Kier alpha value is -0.750. The summed E-state index contributed by atoms with van der Waals surface area (Å²) in [5, 5.41) is 20.1. The Kier molecular flexibility index (Phi) is 3.12. The molecule has 0 aromatic heterocycles. The van der Waals surface area contributed by atoms with Crippen molar-refractivity contribution in [2.45, 2.75) is 25.4 Å². The van der Waals surface area contributed by atoms with Crippen molar-refractivity contribution < 1.29 is 5.11 Å². The van der Waals surface area contributed by atoms with Gasteiger partial charge in [0.1, 0.15) is 0 Å². The van der Waals surface area contributed by atoms with Crippen LogP contribution in [0.3, 0.4) is 0 Å². The third kappa shape index (κ3) is 1.69. The first-order valence-corrected chi connectivity index (χ1v) is 5.89. The van der Waals surface area contributed by atoms with Crippen molar-refractivity contribution in [2.75, 3.05) is 0 Å². The maximum absolute atomic E-state index is 10.2. The average molecular weight is 256 g/mol. The van der Waals surface area contributed by atoms with Crippen LogP contribution in [0.5, 0.6) is 0 Å². The summed E-state index contributed by atoms with van der Waals surface area (Å²) in [5.41, 5.74) is -0.121. The zero-order chi connectivity index (χ0) is 11.8. The molecular weight excluding hydrogens is 245 g/mol. The Morgan fingerprint density at radius 3 is 2.56 bits per heavy atom. The minimum atomic E-state index is -0.850. The van der Waals surface area contributed by atoms with Crippen molar-refractivity contribution >= 4 is 23.2 Å². The van der Waals surface area contributed by atoms with E-state index >= 15 is 0 Å². The Balaban J connectivity index is 2.38. The molecule has 1 aromatic rings. The van der Waals surface area contributed by atoms with Crippen molar-refractivity contribution in [1.29, 1.82) is 5.26 Å². The normalized spacial score (nSPS) is 19.6.